The van der Waals surface area contributed by atoms with Gasteiger partial charge in [-0.25, -0.2) is 0 Å². The molecule has 1 rings (SSSR count). The van der Waals surface area contributed by atoms with Crippen LogP contribution in [0, 0.1) is 0 Å². The van der Waals surface area contributed by atoms with Crippen LogP contribution in [-0.2, 0) is 18.1 Å². The van der Waals surface area contributed by atoms with E-state index in [0.29, 0.717) is 0 Å². The van der Waals surface area contributed by atoms with Gasteiger partial charge in [0, 0.05) is 28.4 Å². The monoisotopic (exact) mass is 380 g/mol. The fourth-order valence-electron chi connectivity index (χ4n) is 0.908. The summed E-state index contributed by atoms with van der Waals surface area (Å²) < 4.78 is 85.3. The van der Waals surface area contributed by atoms with Gasteiger partial charge in [0.05, 0.1) is 0 Å². The van der Waals surface area contributed by atoms with Crippen molar-refractivity contribution in [3.05, 3.63) is 0 Å². The second-order valence-electron chi connectivity index (χ2n) is 2.98. The van der Waals surface area contributed by atoms with Crippen LogP contribution in [0.25, 0.3) is 0 Å². The maximum absolute atomic E-state index is 14.2. The minimum Gasteiger partial charge on any atom is -0.306 e. The lowest BCUT2D eigenvalue weighted by atomic mass is 11.8. The first-order valence-corrected chi connectivity index (χ1v) is 10.7. The zero-order chi connectivity index (χ0) is 15.7. The van der Waals surface area contributed by atoms with Crippen molar-refractivity contribution in [1.29, 1.82) is 0 Å². The summed E-state index contributed by atoms with van der Waals surface area (Å²) in [6.45, 7) is 0. The van der Waals surface area contributed by atoms with E-state index in [4.69, 9.17) is 0 Å². The molecule has 120 valence electrons. The number of rotatable bonds is 4. The number of halogens is 4. The molecule has 0 spiro atoms. The molecule has 0 saturated carbocycles. The molecule has 0 saturated heterocycles. The molecule has 0 aromatic rings. The van der Waals surface area contributed by atoms with Crippen molar-refractivity contribution in [1.82, 2.24) is 0 Å². The molecule has 0 unspecified atom stereocenters. The van der Waals surface area contributed by atoms with Crippen molar-refractivity contribution < 1.29 is 34.9 Å². The number of nitrogens with zero attached hydrogens (tertiary/aromatic N) is 4. The second kappa shape index (κ2) is 6.31. The molecule has 0 bridgehead atoms. The molecule has 20 heavy (non-hydrogen) atoms. The van der Waals surface area contributed by atoms with Crippen LogP contribution in [0.15, 0.2) is 18.1 Å². The van der Waals surface area contributed by atoms with Crippen LogP contribution in [0.3, 0.4) is 0 Å². The zero-order valence-electron chi connectivity index (χ0n) is 10.7. The van der Waals surface area contributed by atoms with Gasteiger partial charge in [-0.1, -0.05) is 0 Å². The van der Waals surface area contributed by atoms with Gasteiger partial charge in [-0.05, 0) is 0 Å². The van der Waals surface area contributed by atoms with Gasteiger partial charge in [-0.15, -0.1) is 18.1 Å². The van der Waals surface area contributed by atoms with Crippen LogP contribution in [-0.4, -0.2) is 28.4 Å². The molecule has 0 amide bonds. The second-order valence-corrected chi connectivity index (χ2v) is 11.1. The molecule has 0 aliphatic carbocycles. The van der Waals surface area contributed by atoms with Crippen molar-refractivity contribution >= 4 is 31.0 Å². The van der Waals surface area contributed by atoms with Crippen molar-refractivity contribution in [2.75, 3.05) is 28.4 Å². The molecule has 1 aliphatic heterocycles. The number of hydrogen-bond donors (Lipinski definition) is 0. The fraction of sp³-hybridized carbons (Fsp3) is 1.00. The predicted octanol–water partition coefficient (Wildman–Crippen LogP) is 6.25. The maximum Gasteiger partial charge on any atom is 0.387 e. The third-order valence-electron chi connectivity index (χ3n) is 1.81. The van der Waals surface area contributed by atoms with E-state index in [9.17, 15) is 16.8 Å². The molecule has 16 heteroatoms. The molecule has 0 atom stereocenters. The highest BCUT2D eigenvalue weighted by atomic mass is 31.3. The average Bonchev–Trinajstić information content (AvgIpc) is 2.36. The maximum atomic E-state index is 14.2. The minimum absolute atomic E-state index is 0.788. The molecular weight excluding hydrogens is 368 g/mol. The van der Waals surface area contributed by atoms with Gasteiger partial charge < -0.3 is 18.1 Å². The lowest BCUT2D eigenvalue weighted by molar-refractivity contribution is 0.394. The minimum atomic E-state index is -4.80. The molecule has 0 N–H and O–H groups in total. The summed E-state index contributed by atoms with van der Waals surface area (Å²) in [5.74, 6) is 0. The standard InChI is InChI=1S/C4H12F4N4O4P4/c1-13-17(5)9-18(6,14-2)11-20(8,16-4)12-19(7,10-17)15-3/h1-4H3. The summed E-state index contributed by atoms with van der Waals surface area (Å²) in [6, 6.07) is 0. The highest BCUT2D eigenvalue weighted by molar-refractivity contribution is 7.78. The van der Waals surface area contributed by atoms with Crippen LogP contribution in [0.1, 0.15) is 0 Å². The Morgan fingerprint density at radius 1 is 0.500 bits per heavy atom. The first-order chi connectivity index (χ1) is 9.07. The highest BCUT2D eigenvalue weighted by Gasteiger charge is 2.39. The predicted molar refractivity (Wildman–Crippen MR) is 69.9 cm³/mol. The van der Waals surface area contributed by atoms with Crippen LogP contribution in [0.5, 0.6) is 0 Å². The van der Waals surface area contributed by atoms with Crippen molar-refractivity contribution in [3.63, 3.8) is 0 Å². The molecule has 1 heterocycles. The molecule has 0 fully saturated rings. The highest BCUT2D eigenvalue weighted by Crippen LogP contribution is 2.81. The first-order valence-electron chi connectivity index (χ1n) is 4.64. The Morgan fingerprint density at radius 2 is 0.650 bits per heavy atom. The molecule has 8 nitrogen and oxygen atoms in total. The molecule has 0 radical (unpaired) electrons. The van der Waals surface area contributed by atoms with Crippen LogP contribution >= 0.6 is 31.0 Å². The normalized spacial score (nSPS) is 45.2. The third-order valence-corrected chi connectivity index (χ3v) is 10.7. The van der Waals surface area contributed by atoms with E-state index >= 15 is 0 Å². The Hall–Kier alpha value is 0.480. The molecule has 0 aromatic carbocycles. The van der Waals surface area contributed by atoms with Crippen molar-refractivity contribution in [2.45, 2.75) is 0 Å². The quantitative estimate of drug-likeness (QED) is 0.426. The van der Waals surface area contributed by atoms with Gasteiger partial charge in [0.15, 0.2) is 0 Å². The Bertz CT molecular complexity index is 481. The van der Waals surface area contributed by atoms with Crippen LogP contribution in [0.2, 0.25) is 0 Å². The number of hydrogen-bond acceptors (Lipinski definition) is 8. The van der Waals surface area contributed by atoms with E-state index < -0.39 is 31.0 Å². The van der Waals surface area contributed by atoms with Gasteiger partial charge in [0.1, 0.15) is 0 Å². The SMILES string of the molecule is COP1(F)=NP(F)(OC)=NP(F)(OC)=NP(F)(OC)=N1. The van der Waals surface area contributed by atoms with E-state index in [-0.39, 0.29) is 0 Å². The summed E-state index contributed by atoms with van der Waals surface area (Å²) >= 11 is 0. The Balaban J connectivity index is 3.79. The van der Waals surface area contributed by atoms with Crippen LogP contribution in [0.4, 0.5) is 16.8 Å². The smallest absolute Gasteiger partial charge is 0.306 e. The Morgan fingerprint density at radius 3 is 0.750 bits per heavy atom. The zero-order valence-corrected chi connectivity index (χ0v) is 14.3. The summed E-state index contributed by atoms with van der Waals surface area (Å²) in [5, 5.41) is 0. The van der Waals surface area contributed by atoms with E-state index in [1.165, 1.54) is 0 Å². The van der Waals surface area contributed by atoms with Gasteiger partial charge in [0.2, 0.25) is 0 Å². The summed E-state index contributed by atoms with van der Waals surface area (Å²) in [6.07, 6.45) is 0. The fourth-order valence-corrected chi connectivity index (χ4v) is 9.46. The molecule has 0 aromatic heterocycles. The van der Waals surface area contributed by atoms with Crippen molar-refractivity contribution in [2.24, 2.45) is 18.1 Å². The van der Waals surface area contributed by atoms with E-state index in [1.54, 1.807) is 0 Å². The lowest BCUT2D eigenvalue weighted by Crippen LogP contribution is -1.85. The first kappa shape index (κ1) is 18.5. The third kappa shape index (κ3) is 4.24. The lowest BCUT2D eigenvalue weighted by Gasteiger charge is -2.20. The average molecular weight is 380 g/mol. The van der Waals surface area contributed by atoms with E-state index in [2.05, 4.69) is 36.2 Å². The van der Waals surface area contributed by atoms with E-state index in [1.807, 2.05) is 0 Å². The van der Waals surface area contributed by atoms with Gasteiger partial charge >= 0.3 is 31.0 Å². The van der Waals surface area contributed by atoms with Gasteiger partial charge in [0.25, 0.3) is 0 Å². The van der Waals surface area contributed by atoms with Gasteiger partial charge in [-0.2, -0.15) is 16.8 Å². The largest absolute Gasteiger partial charge is 0.387 e. The summed E-state index contributed by atoms with van der Waals surface area (Å²) in [4.78, 5) is 0. The topological polar surface area (TPSA) is 86.4 Å². The Labute approximate surface area is 113 Å². The molecular formula is C4H12F4N4O4P4. The summed E-state index contributed by atoms with van der Waals surface area (Å²) in [7, 11) is -16.1. The summed E-state index contributed by atoms with van der Waals surface area (Å²) in [5.41, 5.74) is 0. The van der Waals surface area contributed by atoms with Crippen molar-refractivity contribution in [3.8, 4) is 0 Å². The van der Waals surface area contributed by atoms with E-state index in [0.717, 1.165) is 28.4 Å². The van der Waals surface area contributed by atoms with Gasteiger partial charge in [-0.3, -0.25) is 0 Å². The molecule has 1 aliphatic rings. The Kier molecular flexibility index (Phi) is 5.84. The van der Waals surface area contributed by atoms with Crippen LogP contribution < -0.4 is 0 Å².